The third-order valence-electron chi connectivity index (χ3n) is 6.07. The molecule has 1 heterocycles. The molecule has 12 nitrogen and oxygen atoms in total. The van der Waals surface area contributed by atoms with Crippen LogP contribution in [0, 0.1) is 5.92 Å². The largest absolute Gasteiger partial charge is 0.480 e. The van der Waals surface area contributed by atoms with Crippen molar-refractivity contribution in [2.24, 2.45) is 17.4 Å². The average Bonchev–Trinajstić information content (AvgIpc) is 3.27. The number of carbonyl (C=O) groups excluding carboxylic acids is 3. The molecule has 10 N–H and O–H groups in total. The molecule has 1 aromatic carbocycles. The smallest absolute Gasteiger partial charge is 0.326 e. The fraction of sp³-hybridized carbons (Fsp3) is 0.520. The first kappa shape index (κ1) is 29.7. The minimum Gasteiger partial charge on any atom is -0.480 e. The molecule has 12 heteroatoms. The molecule has 1 aromatic heterocycles. The van der Waals surface area contributed by atoms with Crippen molar-refractivity contribution in [3.8, 4) is 0 Å². The van der Waals surface area contributed by atoms with Crippen molar-refractivity contribution in [2.45, 2.75) is 63.7 Å². The van der Waals surface area contributed by atoms with Crippen LogP contribution in [0.4, 0.5) is 0 Å². The molecule has 0 aliphatic carbocycles. The van der Waals surface area contributed by atoms with Gasteiger partial charge in [0.2, 0.25) is 17.7 Å². The number of nitrogens with one attached hydrogen (secondary N) is 4. The van der Waals surface area contributed by atoms with Gasteiger partial charge in [-0.05, 0) is 43.4 Å². The van der Waals surface area contributed by atoms with Crippen LogP contribution >= 0.6 is 0 Å². The molecule has 0 aliphatic rings. The molecule has 3 amide bonds. The summed E-state index contributed by atoms with van der Waals surface area (Å²) in [6.07, 6.45) is 3.10. The lowest BCUT2D eigenvalue weighted by Crippen LogP contribution is -2.58. The van der Waals surface area contributed by atoms with Crippen LogP contribution in [0.5, 0.6) is 0 Å². The van der Waals surface area contributed by atoms with Crippen LogP contribution in [0.3, 0.4) is 0 Å². The Morgan fingerprint density at radius 1 is 0.973 bits per heavy atom. The summed E-state index contributed by atoms with van der Waals surface area (Å²) in [5.41, 5.74) is 12.7. The first-order valence-electron chi connectivity index (χ1n) is 12.3. The van der Waals surface area contributed by atoms with E-state index in [1.807, 2.05) is 24.3 Å². The predicted octanol–water partition coefficient (Wildman–Crippen LogP) is -0.646. The Balaban J connectivity index is 2.17. The van der Waals surface area contributed by atoms with Gasteiger partial charge in [0.1, 0.15) is 24.2 Å². The molecule has 0 radical (unpaired) electrons. The number of nitrogens with two attached hydrogens (primary N) is 2. The monoisotopic (exact) mass is 518 g/mol. The summed E-state index contributed by atoms with van der Waals surface area (Å²) in [5, 5.41) is 27.5. The minimum atomic E-state index is -1.23. The minimum absolute atomic E-state index is 0.0400. The molecule has 0 aliphatic heterocycles. The Hall–Kier alpha value is -3.48. The number of unbranched alkanes of at least 4 members (excludes halogenated alkanes) is 1. The zero-order valence-electron chi connectivity index (χ0n) is 21.2. The van der Waals surface area contributed by atoms with Crippen molar-refractivity contribution < 1.29 is 29.4 Å². The summed E-state index contributed by atoms with van der Waals surface area (Å²) in [7, 11) is 0. The fourth-order valence-corrected chi connectivity index (χ4v) is 3.89. The number of carboxylic acids is 1. The summed E-state index contributed by atoms with van der Waals surface area (Å²) < 4.78 is 0. The molecule has 0 bridgehead atoms. The van der Waals surface area contributed by atoms with E-state index in [1.54, 1.807) is 20.0 Å². The SMILES string of the molecule is CC(C)C(NC(=O)C(N)CO)C(=O)NC(CCCCN)C(=O)NC(Cc1c[nH]c2ccccc12)C(=O)O. The highest BCUT2D eigenvalue weighted by Gasteiger charge is 2.31. The number of fused-ring (bicyclic) bond motifs is 1. The summed E-state index contributed by atoms with van der Waals surface area (Å²) in [6, 6.07) is 2.94. The van der Waals surface area contributed by atoms with Gasteiger partial charge in [-0.2, -0.15) is 0 Å². The van der Waals surface area contributed by atoms with E-state index in [9.17, 15) is 24.3 Å². The molecule has 37 heavy (non-hydrogen) atoms. The number of carboxylic acid groups (broad SMARTS) is 1. The Morgan fingerprint density at radius 2 is 1.65 bits per heavy atom. The van der Waals surface area contributed by atoms with E-state index in [0.29, 0.717) is 19.4 Å². The Morgan fingerprint density at radius 3 is 2.27 bits per heavy atom. The van der Waals surface area contributed by atoms with Crippen LogP contribution in [0.25, 0.3) is 10.9 Å². The van der Waals surface area contributed by atoms with E-state index in [4.69, 9.17) is 16.6 Å². The first-order chi connectivity index (χ1) is 17.6. The predicted molar refractivity (Wildman–Crippen MR) is 138 cm³/mol. The molecule has 2 rings (SSSR count). The fourth-order valence-electron chi connectivity index (χ4n) is 3.89. The number of aromatic nitrogens is 1. The third-order valence-corrected chi connectivity index (χ3v) is 6.07. The number of hydrogen-bond donors (Lipinski definition) is 8. The number of amides is 3. The van der Waals surface area contributed by atoms with Crippen LogP contribution in [0.1, 0.15) is 38.7 Å². The maximum Gasteiger partial charge on any atom is 0.326 e. The van der Waals surface area contributed by atoms with Crippen molar-refractivity contribution in [1.82, 2.24) is 20.9 Å². The molecular weight excluding hydrogens is 480 g/mol. The first-order valence-corrected chi connectivity index (χ1v) is 12.3. The van der Waals surface area contributed by atoms with E-state index in [-0.39, 0.29) is 18.8 Å². The van der Waals surface area contributed by atoms with Gasteiger partial charge in [0.05, 0.1) is 6.61 Å². The van der Waals surface area contributed by atoms with Gasteiger partial charge >= 0.3 is 5.97 Å². The van der Waals surface area contributed by atoms with Crippen molar-refractivity contribution in [3.63, 3.8) is 0 Å². The van der Waals surface area contributed by atoms with Gasteiger partial charge < -0.3 is 42.6 Å². The maximum atomic E-state index is 13.2. The second-order valence-corrected chi connectivity index (χ2v) is 9.33. The van der Waals surface area contributed by atoms with Gasteiger partial charge in [0, 0.05) is 23.5 Å². The molecule has 4 unspecified atom stereocenters. The molecule has 4 atom stereocenters. The van der Waals surface area contributed by atoms with E-state index in [2.05, 4.69) is 20.9 Å². The summed E-state index contributed by atoms with van der Waals surface area (Å²) in [6.45, 7) is 3.22. The van der Waals surface area contributed by atoms with E-state index in [1.165, 1.54) is 0 Å². The number of carbonyl (C=O) groups is 4. The van der Waals surface area contributed by atoms with Gasteiger partial charge in [-0.25, -0.2) is 4.79 Å². The standard InChI is InChI=1S/C25H38N6O6/c1-14(2)21(31-22(33)17(27)13-32)24(35)29-19(9-5-6-10-26)23(34)30-20(25(36)37)11-15-12-28-18-8-4-3-7-16(15)18/h3-4,7-8,12,14,17,19-21,28,32H,5-6,9-11,13,26-27H2,1-2H3,(H,29,35)(H,30,34)(H,31,33)(H,36,37). The molecule has 0 fully saturated rings. The third kappa shape index (κ3) is 8.55. The van der Waals surface area contributed by atoms with E-state index < -0.39 is 54.5 Å². The summed E-state index contributed by atoms with van der Waals surface area (Å²) >= 11 is 0. The Labute approximate surface area is 215 Å². The van der Waals surface area contributed by atoms with Gasteiger partial charge in [-0.15, -0.1) is 0 Å². The topological polar surface area (TPSA) is 213 Å². The Bertz CT molecular complexity index is 1070. The second kappa shape index (κ2) is 14.3. The number of para-hydroxylation sites is 1. The number of aromatic amines is 1. The van der Waals surface area contributed by atoms with Gasteiger partial charge in [0.25, 0.3) is 0 Å². The average molecular weight is 519 g/mol. The van der Waals surface area contributed by atoms with Gasteiger partial charge in [-0.3, -0.25) is 14.4 Å². The van der Waals surface area contributed by atoms with E-state index >= 15 is 0 Å². The number of rotatable bonds is 15. The summed E-state index contributed by atoms with van der Waals surface area (Å²) in [5.74, 6) is -3.54. The molecule has 0 saturated heterocycles. The Kier molecular flexibility index (Phi) is 11.5. The highest BCUT2D eigenvalue weighted by Crippen LogP contribution is 2.19. The quantitative estimate of drug-likeness (QED) is 0.142. The highest BCUT2D eigenvalue weighted by atomic mass is 16.4. The maximum absolute atomic E-state index is 13.2. The number of benzene rings is 1. The normalized spacial score (nSPS) is 14.5. The van der Waals surface area contributed by atoms with Crippen LogP contribution in [0.15, 0.2) is 30.5 Å². The molecule has 2 aromatic rings. The molecule has 204 valence electrons. The van der Waals surface area contributed by atoms with Crippen molar-refractivity contribution in [2.75, 3.05) is 13.2 Å². The molecular formula is C25H38N6O6. The highest BCUT2D eigenvalue weighted by molar-refractivity contribution is 5.94. The zero-order valence-corrected chi connectivity index (χ0v) is 21.2. The van der Waals surface area contributed by atoms with Crippen LogP contribution in [-0.2, 0) is 25.6 Å². The lowest BCUT2D eigenvalue weighted by atomic mass is 10.0. The van der Waals surface area contributed by atoms with Crippen LogP contribution in [0.2, 0.25) is 0 Å². The van der Waals surface area contributed by atoms with Gasteiger partial charge in [0.15, 0.2) is 0 Å². The second-order valence-electron chi connectivity index (χ2n) is 9.33. The van der Waals surface area contributed by atoms with Crippen LogP contribution in [-0.4, -0.2) is 76.2 Å². The van der Waals surface area contributed by atoms with Crippen molar-refractivity contribution in [1.29, 1.82) is 0 Å². The number of aliphatic carboxylic acids is 1. The van der Waals surface area contributed by atoms with Crippen molar-refractivity contribution >= 4 is 34.6 Å². The summed E-state index contributed by atoms with van der Waals surface area (Å²) in [4.78, 5) is 53.5. The number of H-pyrrole nitrogens is 1. The number of aliphatic hydroxyl groups excluding tert-OH is 1. The lowest BCUT2D eigenvalue weighted by molar-refractivity contribution is -0.142. The van der Waals surface area contributed by atoms with Crippen LogP contribution < -0.4 is 27.4 Å². The van der Waals surface area contributed by atoms with Gasteiger partial charge in [-0.1, -0.05) is 32.0 Å². The molecule has 0 spiro atoms. The van der Waals surface area contributed by atoms with E-state index in [0.717, 1.165) is 16.5 Å². The van der Waals surface area contributed by atoms with Crippen molar-refractivity contribution in [3.05, 3.63) is 36.0 Å². The lowest BCUT2D eigenvalue weighted by Gasteiger charge is -2.27. The zero-order chi connectivity index (χ0) is 27.5. The molecule has 0 saturated carbocycles. The number of hydrogen-bond acceptors (Lipinski definition) is 7. The number of aliphatic hydroxyl groups is 1.